The highest BCUT2D eigenvalue weighted by Crippen LogP contribution is 2.60. The van der Waals surface area contributed by atoms with Crippen molar-refractivity contribution < 1.29 is 5.11 Å². The van der Waals surface area contributed by atoms with Crippen molar-refractivity contribution in [1.29, 1.82) is 0 Å². The molecule has 0 aromatic carbocycles. The zero-order valence-electron chi connectivity index (χ0n) is 5.22. The Kier molecular flexibility index (Phi) is 0.663. The van der Waals surface area contributed by atoms with E-state index in [0.717, 1.165) is 12.3 Å². The minimum Gasteiger partial charge on any atom is -0.393 e. The van der Waals surface area contributed by atoms with Crippen LogP contribution in [0.15, 0.2) is 0 Å². The van der Waals surface area contributed by atoms with Gasteiger partial charge in [0.15, 0.2) is 0 Å². The van der Waals surface area contributed by atoms with Gasteiger partial charge in [-0.1, -0.05) is 6.92 Å². The highest BCUT2D eigenvalue weighted by atomic mass is 16.3. The first-order chi connectivity index (χ1) is 3.73. The molecule has 0 saturated heterocycles. The number of rotatable bonds is 0. The summed E-state index contributed by atoms with van der Waals surface area (Å²) in [5, 5.41) is 9.20. The van der Waals surface area contributed by atoms with Gasteiger partial charge in [0.05, 0.1) is 6.10 Å². The SMILES string of the molecule is C[C@]12CCC1C[C@H]2O. The van der Waals surface area contributed by atoms with Gasteiger partial charge in [-0.05, 0) is 30.6 Å². The Labute approximate surface area is 49.7 Å². The largest absolute Gasteiger partial charge is 0.393 e. The van der Waals surface area contributed by atoms with Crippen LogP contribution in [-0.2, 0) is 0 Å². The van der Waals surface area contributed by atoms with Crippen molar-refractivity contribution >= 4 is 0 Å². The van der Waals surface area contributed by atoms with Crippen LogP contribution < -0.4 is 0 Å². The van der Waals surface area contributed by atoms with Crippen molar-refractivity contribution in [3.63, 3.8) is 0 Å². The average molecular weight is 112 g/mol. The van der Waals surface area contributed by atoms with Crippen LogP contribution in [-0.4, -0.2) is 11.2 Å². The molecular weight excluding hydrogens is 100 g/mol. The van der Waals surface area contributed by atoms with E-state index in [0.29, 0.717) is 5.41 Å². The van der Waals surface area contributed by atoms with E-state index in [-0.39, 0.29) is 6.10 Å². The van der Waals surface area contributed by atoms with Gasteiger partial charge in [-0.25, -0.2) is 0 Å². The first-order valence-electron chi connectivity index (χ1n) is 3.41. The summed E-state index contributed by atoms with van der Waals surface area (Å²) in [6.07, 6.45) is 3.75. The smallest absolute Gasteiger partial charge is 0.0599 e. The highest BCUT2D eigenvalue weighted by molar-refractivity contribution is 5.06. The van der Waals surface area contributed by atoms with E-state index < -0.39 is 0 Å². The summed E-state index contributed by atoms with van der Waals surface area (Å²) in [6, 6.07) is 0. The van der Waals surface area contributed by atoms with Crippen LogP contribution in [0.3, 0.4) is 0 Å². The molecule has 0 amide bonds. The molecule has 0 bridgehead atoms. The van der Waals surface area contributed by atoms with Crippen LogP contribution >= 0.6 is 0 Å². The molecule has 1 N–H and O–H groups in total. The van der Waals surface area contributed by atoms with Crippen LogP contribution in [0.2, 0.25) is 0 Å². The van der Waals surface area contributed by atoms with Gasteiger partial charge < -0.3 is 5.11 Å². The van der Waals surface area contributed by atoms with Crippen molar-refractivity contribution in [3.05, 3.63) is 0 Å². The summed E-state index contributed by atoms with van der Waals surface area (Å²) in [5.41, 5.74) is 0.375. The number of fused-ring (bicyclic) bond motifs is 1. The number of hydrogen-bond acceptors (Lipinski definition) is 1. The molecule has 0 spiro atoms. The summed E-state index contributed by atoms with van der Waals surface area (Å²) in [5.74, 6) is 0.887. The van der Waals surface area contributed by atoms with E-state index in [9.17, 15) is 5.11 Å². The Hall–Kier alpha value is -0.0400. The van der Waals surface area contributed by atoms with Crippen molar-refractivity contribution in [1.82, 2.24) is 0 Å². The van der Waals surface area contributed by atoms with Gasteiger partial charge in [-0.3, -0.25) is 0 Å². The molecule has 1 unspecified atom stereocenters. The van der Waals surface area contributed by atoms with E-state index in [1.807, 2.05) is 0 Å². The van der Waals surface area contributed by atoms with Crippen LogP contribution in [0.4, 0.5) is 0 Å². The molecule has 0 aliphatic heterocycles. The zero-order chi connectivity index (χ0) is 5.78. The van der Waals surface area contributed by atoms with Gasteiger partial charge in [0, 0.05) is 0 Å². The fourth-order valence-corrected chi connectivity index (χ4v) is 2.01. The summed E-state index contributed by atoms with van der Waals surface area (Å²) < 4.78 is 0. The maximum absolute atomic E-state index is 9.20. The molecule has 3 atom stereocenters. The molecule has 2 rings (SSSR count). The Morgan fingerprint density at radius 3 is 2.38 bits per heavy atom. The van der Waals surface area contributed by atoms with Gasteiger partial charge in [-0.2, -0.15) is 0 Å². The maximum Gasteiger partial charge on any atom is 0.0599 e. The third-order valence-electron chi connectivity index (χ3n) is 3.23. The fourth-order valence-electron chi connectivity index (χ4n) is 2.01. The van der Waals surface area contributed by atoms with Gasteiger partial charge in [0.1, 0.15) is 0 Å². The number of aliphatic hydroxyl groups is 1. The predicted octanol–water partition coefficient (Wildman–Crippen LogP) is 1.17. The summed E-state index contributed by atoms with van der Waals surface area (Å²) in [7, 11) is 0. The highest BCUT2D eigenvalue weighted by Gasteiger charge is 2.56. The molecular formula is C7H12O. The third-order valence-corrected chi connectivity index (χ3v) is 3.23. The molecule has 46 valence electrons. The van der Waals surface area contributed by atoms with Gasteiger partial charge in [0.25, 0.3) is 0 Å². The van der Waals surface area contributed by atoms with Crippen molar-refractivity contribution in [2.45, 2.75) is 32.3 Å². The number of hydrogen-bond donors (Lipinski definition) is 1. The lowest BCUT2D eigenvalue weighted by Crippen LogP contribution is -2.57. The number of aliphatic hydroxyl groups excluding tert-OH is 1. The summed E-state index contributed by atoms with van der Waals surface area (Å²) in [4.78, 5) is 0. The lowest BCUT2D eigenvalue weighted by Gasteiger charge is -2.60. The van der Waals surface area contributed by atoms with Gasteiger partial charge in [-0.15, -0.1) is 0 Å². The Morgan fingerprint density at radius 2 is 2.38 bits per heavy atom. The Morgan fingerprint density at radius 1 is 1.62 bits per heavy atom. The van der Waals surface area contributed by atoms with Crippen LogP contribution in [0.25, 0.3) is 0 Å². The normalized spacial score (nSPS) is 60.8. The molecule has 8 heavy (non-hydrogen) atoms. The molecule has 2 aliphatic rings. The second-order valence-corrected chi connectivity index (χ2v) is 3.49. The van der Waals surface area contributed by atoms with Crippen molar-refractivity contribution in [2.75, 3.05) is 0 Å². The molecule has 0 heterocycles. The monoisotopic (exact) mass is 112 g/mol. The van der Waals surface area contributed by atoms with Crippen LogP contribution in [0.1, 0.15) is 26.2 Å². The topological polar surface area (TPSA) is 20.2 Å². The quantitative estimate of drug-likeness (QED) is 0.498. The molecule has 0 aromatic heterocycles. The summed E-state index contributed by atoms with van der Waals surface area (Å²) in [6.45, 7) is 2.20. The Bertz CT molecular complexity index is 116. The zero-order valence-corrected chi connectivity index (χ0v) is 5.22. The molecule has 2 fully saturated rings. The molecule has 1 nitrogen and oxygen atoms in total. The second kappa shape index (κ2) is 1.10. The molecule has 0 radical (unpaired) electrons. The average Bonchev–Trinajstić information content (AvgIpc) is 1.79. The van der Waals surface area contributed by atoms with E-state index in [1.54, 1.807) is 0 Å². The van der Waals surface area contributed by atoms with E-state index in [1.165, 1.54) is 12.8 Å². The minimum atomic E-state index is 0.0428. The third kappa shape index (κ3) is 0.304. The van der Waals surface area contributed by atoms with Crippen LogP contribution in [0, 0.1) is 11.3 Å². The maximum atomic E-state index is 9.20. The lowest BCUT2D eigenvalue weighted by molar-refractivity contribution is -0.176. The van der Waals surface area contributed by atoms with Crippen LogP contribution in [0.5, 0.6) is 0 Å². The minimum absolute atomic E-state index is 0.0428. The van der Waals surface area contributed by atoms with Crippen molar-refractivity contribution in [3.8, 4) is 0 Å². The lowest BCUT2D eigenvalue weighted by atomic mass is 9.47. The first kappa shape index (κ1) is 4.80. The summed E-state index contributed by atoms with van der Waals surface area (Å²) >= 11 is 0. The van der Waals surface area contributed by atoms with Gasteiger partial charge >= 0.3 is 0 Å². The van der Waals surface area contributed by atoms with E-state index in [4.69, 9.17) is 0 Å². The van der Waals surface area contributed by atoms with E-state index >= 15 is 0 Å². The standard InChI is InChI=1S/C7H12O/c1-7-3-2-5(7)4-6(7)8/h5-6,8H,2-4H2,1H3/t5?,6-,7+/m1/s1. The fraction of sp³-hybridized carbons (Fsp3) is 1.00. The first-order valence-corrected chi connectivity index (χ1v) is 3.41. The molecule has 1 heteroatoms. The predicted molar refractivity (Wildman–Crippen MR) is 31.5 cm³/mol. The molecule has 2 saturated carbocycles. The van der Waals surface area contributed by atoms with Crippen molar-refractivity contribution in [2.24, 2.45) is 11.3 Å². The molecule has 2 aliphatic carbocycles. The molecule has 0 aromatic rings. The van der Waals surface area contributed by atoms with Gasteiger partial charge in [0.2, 0.25) is 0 Å². The van der Waals surface area contributed by atoms with E-state index in [2.05, 4.69) is 6.92 Å². The Balaban J connectivity index is 2.12. The second-order valence-electron chi connectivity index (χ2n) is 3.49.